The highest BCUT2D eigenvalue weighted by atomic mass is 16.5. The number of piperidine rings is 2. The van der Waals surface area contributed by atoms with E-state index in [1.807, 2.05) is 6.20 Å². The van der Waals surface area contributed by atoms with Gasteiger partial charge in [0.05, 0.1) is 6.20 Å². The third kappa shape index (κ3) is 2.31. The van der Waals surface area contributed by atoms with Gasteiger partial charge in [-0.1, -0.05) is 11.2 Å². The minimum Gasteiger partial charge on any atom is -0.356 e. The SMILES string of the molecule is c1cc2cnoc2c2c1CC(N1CCC3(CCNCC3)CC1)C2. The average Bonchev–Trinajstić information content (AvgIpc) is 3.22. The van der Waals surface area contributed by atoms with Crippen LogP contribution in [0.5, 0.6) is 0 Å². The Labute approximate surface area is 137 Å². The van der Waals surface area contributed by atoms with Crippen LogP contribution in [0.1, 0.15) is 36.8 Å². The molecule has 3 aliphatic rings. The average molecular weight is 311 g/mol. The molecule has 122 valence electrons. The summed E-state index contributed by atoms with van der Waals surface area (Å²) >= 11 is 0. The zero-order valence-corrected chi connectivity index (χ0v) is 13.7. The van der Waals surface area contributed by atoms with Crippen LogP contribution < -0.4 is 5.32 Å². The first-order chi connectivity index (χ1) is 11.3. The number of aromatic nitrogens is 1. The zero-order chi connectivity index (χ0) is 15.3. The van der Waals surface area contributed by atoms with Gasteiger partial charge in [-0.3, -0.25) is 4.90 Å². The lowest BCUT2D eigenvalue weighted by molar-refractivity contribution is 0.0522. The van der Waals surface area contributed by atoms with E-state index in [2.05, 4.69) is 27.5 Å². The van der Waals surface area contributed by atoms with Crippen molar-refractivity contribution in [3.8, 4) is 0 Å². The Morgan fingerprint density at radius 3 is 2.74 bits per heavy atom. The molecule has 5 rings (SSSR count). The molecule has 2 fully saturated rings. The zero-order valence-electron chi connectivity index (χ0n) is 13.7. The molecule has 1 aromatic heterocycles. The smallest absolute Gasteiger partial charge is 0.170 e. The van der Waals surface area contributed by atoms with Crippen molar-refractivity contribution in [1.29, 1.82) is 0 Å². The van der Waals surface area contributed by atoms with Crippen molar-refractivity contribution in [1.82, 2.24) is 15.4 Å². The summed E-state index contributed by atoms with van der Waals surface area (Å²) in [5.74, 6) is 0. The highest BCUT2D eigenvalue weighted by molar-refractivity contribution is 5.81. The van der Waals surface area contributed by atoms with Gasteiger partial charge < -0.3 is 9.84 Å². The molecule has 2 aromatic rings. The van der Waals surface area contributed by atoms with Crippen molar-refractivity contribution in [3.05, 3.63) is 29.5 Å². The highest BCUT2D eigenvalue weighted by Gasteiger charge is 2.38. The van der Waals surface area contributed by atoms with Crippen molar-refractivity contribution in [2.45, 2.75) is 44.6 Å². The highest BCUT2D eigenvalue weighted by Crippen LogP contribution is 2.41. The largest absolute Gasteiger partial charge is 0.356 e. The predicted octanol–water partition coefficient (Wildman–Crippen LogP) is 2.76. The molecule has 2 aliphatic heterocycles. The van der Waals surface area contributed by atoms with E-state index in [-0.39, 0.29) is 0 Å². The standard InChI is InChI=1S/C19H25N3O/c1-2-15-13-21-23-18(15)17-12-16(11-14(1)17)22-9-5-19(6-10-22)3-7-20-8-4-19/h1-2,13,16,20H,3-12H2. The molecule has 0 amide bonds. The summed E-state index contributed by atoms with van der Waals surface area (Å²) < 4.78 is 5.51. The normalized spacial score (nSPS) is 27.6. The van der Waals surface area contributed by atoms with E-state index in [4.69, 9.17) is 4.52 Å². The van der Waals surface area contributed by atoms with Crippen molar-refractivity contribution < 1.29 is 4.52 Å². The van der Waals surface area contributed by atoms with E-state index in [9.17, 15) is 0 Å². The summed E-state index contributed by atoms with van der Waals surface area (Å²) in [5, 5.41) is 8.65. The monoisotopic (exact) mass is 311 g/mol. The number of fused-ring (bicyclic) bond motifs is 3. The van der Waals surface area contributed by atoms with Crippen LogP contribution in [-0.2, 0) is 12.8 Å². The Bertz CT molecular complexity index is 706. The molecule has 1 atom stereocenters. The van der Waals surface area contributed by atoms with Crippen molar-refractivity contribution in [2.75, 3.05) is 26.2 Å². The summed E-state index contributed by atoms with van der Waals surface area (Å²) in [6.45, 7) is 4.99. The Morgan fingerprint density at radius 1 is 1.09 bits per heavy atom. The number of hydrogen-bond acceptors (Lipinski definition) is 4. The molecule has 4 nitrogen and oxygen atoms in total. The molecule has 1 unspecified atom stereocenters. The van der Waals surface area contributed by atoms with Crippen molar-refractivity contribution in [3.63, 3.8) is 0 Å². The van der Waals surface area contributed by atoms with Crippen LogP contribution in [0.2, 0.25) is 0 Å². The van der Waals surface area contributed by atoms with E-state index < -0.39 is 0 Å². The van der Waals surface area contributed by atoms with Crippen LogP contribution in [0, 0.1) is 5.41 Å². The van der Waals surface area contributed by atoms with Crippen LogP contribution >= 0.6 is 0 Å². The van der Waals surface area contributed by atoms with Crippen LogP contribution in [0.25, 0.3) is 11.0 Å². The van der Waals surface area contributed by atoms with Gasteiger partial charge in [-0.05, 0) is 81.7 Å². The first-order valence-electron chi connectivity index (χ1n) is 9.13. The van der Waals surface area contributed by atoms with Crippen LogP contribution in [0.3, 0.4) is 0 Å². The quantitative estimate of drug-likeness (QED) is 0.879. The van der Waals surface area contributed by atoms with Crippen molar-refractivity contribution >= 4 is 11.0 Å². The Hall–Kier alpha value is -1.39. The molecule has 4 heteroatoms. The third-order valence-electron chi connectivity index (χ3n) is 6.66. The fraction of sp³-hybridized carbons (Fsp3) is 0.632. The summed E-state index contributed by atoms with van der Waals surface area (Å²) in [4.78, 5) is 2.75. The molecule has 3 heterocycles. The predicted molar refractivity (Wildman–Crippen MR) is 90.5 cm³/mol. The maximum absolute atomic E-state index is 5.51. The van der Waals surface area contributed by atoms with Gasteiger partial charge in [-0.15, -0.1) is 0 Å². The van der Waals surface area contributed by atoms with Gasteiger partial charge >= 0.3 is 0 Å². The van der Waals surface area contributed by atoms with E-state index in [0.29, 0.717) is 11.5 Å². The topological polar surface area (TPSA) is 41.3 Å². The summed E-state index contributed by atoms with van der Waals surface area (Å²) in [7, 11) is 0. The number of benzene rings is 1. The molecule has 1 aliphatic carbocycles. The lowest BCUT2D eigenvalue weighted by atomic mass is 9.71. The number of hydrogen-bond donors (Lipinski definition) is 1. The lowest BCUT2D eigenvalue weighted by Crippen LogP contribution is -2.48. The van der Waals surface area contributed by atoms with E-state index >= 15 is 0 Å². The Balaban J connectivity index is 1.31. The molecule has 23 heavy (non-hydrogen) atoms. The number of rotatable bonds is 1. The van der Waals surface area contributed by atoms with Gasteiger partial charge in [0, 0.05) is 17.0 Å². The van der Waals surface area contributed by atoms with Crippen molar-refractivity contribution in [2.24, 2.45) is 5.41 Å². The summed E-state index contributed by atoms with van der Waals surface area (Å²) in [5.41, 5.74) is 4.55. The van der Waals surface area contributed by atoms with Gasteiger partial charge in [0.25, 0.3) is 0 Å². The number of likely N-dealkylation sites (tertiary alicyclic amines) is 1. The van der Waals surface area contributed by atoms with Gasteiger partial charge in [-0.2, -0.15) is 0 Å². The first kappa shape index (κ1) is 14.0. The molecule has 0 bridgehead atoms. The lowest BCUT2D eigenvalue weighted by Gasteiger charge is -2.46. The maximum atomic E-state index is 5.51. The molecule has 2 saturated heterocycles. The Kier molecular flexibility index (Phi) is 3.24. The van der Waals surface area contributed by atoms with Gasteiger partial charge in [0.1, 0.15) is 0 Å². The molecular formula is C19H25N3O. The minimum absolute atomic E-state index is 0.644. The molecule has 1 aromatic carbocycles. The Morgan fingerprint density at radius 2 is 1.91 bits per heavy atom. The number of nitrogens with zero attached hydrogens (tertiary/aromatic N) is 2. The van der Waals surface area contributed by atoms with Crippen LogP contribution in [0.15, 0.2) is 22.9 Å². The third-order valence-corrected chi connectivity index (χ3v) is 6.66. The fourth-order valence-electron chi connectivity index (χ4n) is 5.09. The van der Waals surface area contributed by atoms with E-state index in [0.717, 1.165) is 17.4 Å². The van der Waals surface area contributed by atoms with E-state index in [1.165, 1.54) is 69.4 Å². The van der Waals surface area contributed by atoms with E-state index in [1.54, 1.807) is 0 Å². The molecule has 0 radical (unpaired) electrons. The van der Waals surface area contributed by atoms with Crippen LogP contribution in [-0.4, -0.2) is 42.3 Å². The molecule has 1 spiro atoms. The second-order valence-corrected chi connectivity index (χ2v) is 7.80. The first-order valence-corrected chi connectivity index (χ1v) is 9.13. The van der Waals surface area contributed by atoms with Gasteiger partial charge in [0.15, 0.2) is 5.58 Å². The number of nitrogens with one attached hydrogen (secondary N) is 1. The van der Waals surface area contributed by atoms with Gasteiger partial charge in [0.2, 0.25) is 0 Å². The molecule has 0 saturated carbocycles. The fourth-order valence-corrected chi connectivity index (χ4v) is 5.09. The summed E-state index contributed by atoms with van der Waals surface area (Å²) in [6, 6.07) is 5.11. The second kappa shape index (κ2) is 5.32. The van der Waals surface area contributed by atoms with Crippen LogP contribution in [0.4, 0.5) is 0 Å². The minimum atomic E-state index is 0.644. The summed E-state index contributed by atoms with van der Waals surface area (Å²) in [6.07, 6.45) is 9.69. The molecular weight excluding hydrogens is 286 g/mol. The second-order valence-electron chi connectivity index (χ2n) is 7.80. The van der Waals surface area contributed by atoms with Gasteiger partial charge in [-0.25, -0.2) is 0 Å². The maximum Gasteiger partial charge on any atom is 0.170 e. The molecule has 1 N–H and O–H groups in total.